The second-order valence-corrected chi connectivity index (χ2v) is 4.34. The van der Waals surface area contributed by atoms with Crippen LogP contribution in [0.15, 0.2) is 0 Å². The van der Waals surface area contributed by atoms with Gasteiger partial charge in [-0.1, -0.05) is 33.1 Å². The van der Waals surface area contributed by atoms with Gasteiger partial charge in [-0.25, -0.2) is 0 Å². The first kappa shape index (κ1) is 9.58. The molecule has 1 fully saturated rings. The van der Waals surface area contributed by atoms with E-state index in [1.807, 2.05) is 0 Å². The lowest BCUT2D eigenvalue weighted by Crippen LogP contribution is -2.29. The van der Waals surface area contributed by atoms with Gasteiger partial charge in [0, 0.05) is 0 Å². The minimum Gasteiger partial charge on any atom is -0.198 e. The van der Waals surface area contributed by atoms with Crippen molar-refractivity contribution >= 4 is 0 Å². The molecule has 0 heterocycles. The van der Waals surface area contributed by atoms with Crippen LogP contribution in [-0.2, 0) is 0 Å². The Kier molecular flexibility index (Phi) is 3.14. The summed E-state index contributed by atoms with van der Waals surface area (Å²) < 4.78 is 0. The van der Waals surface area contributed by atoms with Crippen molar-refractivity contribution in [1.29, 1.82) is 5.26 Å². The molecule has 0 spiro atoms. The van der Waals surface area contributed by atoms with Crippen molar-refractivity contribution in [2.75, 3.05) is 0 Å². The van der Waals surface area contributed by atoms with Crippen LogP contribution in [0.4, 0.5) is 0 Å². The standard InChI is InChI=1S/C11H19N/c1-3-5-10(2)8-11(9-12)6-4-7-11/h10H,3-8H2,1-2H3. The maximum absolute atomic E-state index is 9.00. The van der Waals surface area contributed by atoms with Gasteiger partial charge in [-0.3, -0.25) is 0 Å². The molecule has 1 unspecified atom stereocenters. The summed E-state index contributed by atoms with van der Waals surface area (Å²) in [6, 6.07) is 2.50. The smallest absolute Gasteiger partial charge is 0.0689 e. The van der Waals surface area contributed by atoms with Crippen LogP contribution in [0.25, 0.3) is 0 Å². The molecule has 68 valence electrons. The normalized spacial score (nSPS) is 22.4. The van der Waals surface area contributed by atoms with Gasteiger partial charge in [0.1, 0.15) is 0 Å². The minimum absolute atomic E-state index is 0.0919. The molecule has 0 aromatic heterocycles. The molecule has 12 heavy (non-hydrogen) atoms. The summed E-state index contributed by atoms with van der Waals surface area (Å²) in [7, 11) is 0. The lowest BCUT2D eigenvalue weighted by molar-refractivity contribution is 0.165. The maximum atomic E-state index is 9.00. The van der Waals surface area contributed by atoms with E-state index in [9.17, 15) is 0 Å². The van der Waals surface area contributed by atoms with Gasteiger partial charge in [-0.2, -0.15) is 5.26 Å². The molecule has 0 N–H and O–H groups in total. The van der Waals surface area contributed by atoms with Crippen LogP contribution in [0.2, 0.25) is 0 Å². The van der Waals surface area contributed by atoms with E-state index in [4.69, 9.17) is 5.26 Å². The van der Waals surface area contributed by atoms with Crippen molar-refractivity contribution in [3.05, 3.63) is 0 Å². The molecule has 0 saturated heterocycles. The summed E-state index contributed by atoms with van der Waals surface area (Å²) in [5, 5.41) is 9.00. The van der Waals surface area contributed by atoms with E-state index < -0.39 is 0 Å². The Bertz CT molecular complexity index is 174. The minimum atomic E-state index is 0.0919. The van der Waals surface area contributed by atoms with Crippen LogP contribution in [-0.4, -0.2) is 0 Å². The molecule has 0 aromatic carbocycles. The highest BCUT2D eigenvalue weighted by molar-refractivity contribution is 5.04. The second-order valence-electron chi connectivity index (χ2n) is 4.34. The Morgan fingerprint density at radius 3 is 2.50 bits per heavy atom. The first-order valence-electron chi connectivity index (χ1n) is 5.14. The molecule has 1 rings (SSSR count). The summed E-state index contributed by atoms with van der Waals surface area (Å²) in [6.45, 7) is 4.50. The van der Waals surface area contributed by atoms with E-state index in [2.05, 4.69) is 19.9 Å². The first-order valence-corrected chi connectivity index (χ1v) is 5.14. The molecule has 1 nitrogen and oxygen atoms in total. The van der Waals surface area contributed by atoms with Gasteiger partial charge in [-0.05, 0) is 25.2 Å². The monoisotopic (exact) mass is 165 g/mol. The topological polar surface area (TPSA) is 23.8 Å². The molecule has 0 aromatic rings. The van der Waals surface area contributed by atoms with Crippen molar-refractivity contribution in [3.8, 4) is 6.07 Å². The fraction of sp³-hybridized carbons (Fsp3) is 0.909. The highest BCUT2D eigenvalue weighted by atomic mass is 14.4. The largest absolute Gasteiger partial charge is 0.198 e. The van der Waals surface area contributed by atoms with Crippen LogP contribution in [0.1, 0.15) is 52.4 Å². The fourth-order valence-corrected chi connectivity index (χ4v) is 2.23. The maximum Gasteiger partial charge on any atom is 0.0689 e. The SMILES string of the molecule is CCCC(C)CC1(C#N)CCC1. The third kappa shape index (κ3) is 2.00. The van der Waals surface area contributed by atoms with Gasteiger partial charge >= 0.3 is 0 Å². The first-order chi connectivity index (χ1) is 5.72. The summed E-state index contributed by atoms with van der Waals surface area (Å²) in [4.78, 5) is 0. The molecular weight excluding hydrogens is 146 g/mol. The molecule has 0 aliphatic heterocycles. The van der Waals surface area contributed by atoms with Crippen molar-refractivity contribution in [2.45, 2.75) is 52.4 Å². The van der Waals surface area contributed by atoms with Crippen molar-refractivity contribution in [3.63, 3.8) is 0 Å². The Morgan fingerprint density at radius 2 is 2.17 bits per heavy atom. The molecular formula is C11H19N. The highest BCUT2D eigenvalue weighted by Crippen LogP contribution is 2.45. The molecule has 0 amide bonds. The van der Waals surface area contributed by atoms with E-state index >= 15 is 0 Å². The average molecular weight is 165 g/mol. The predicted octanol–water partition coefficient (Wildman–Crippen LogP) is 3.51. The van der Waals surface area contributed by atoms with Gasteiger partial charge in [0.2, 0.25) is 0 Å². The van der Waals surface area contributed by atoms with E-state index in [1.54, 1.807) is 0 Å². The van der Waals surface area contributed by atoms with Crippen LogP contribution in [0.3, 0.4) is 0 Å². The van der Waals surface area contributed by atoms with Gasteiger partial charge in [-0.15, -0.1) is 0 Å². The molecule has 1 atom stereocenters. The van der Waals surface area contributed by atoms with E-state index in [0.29, 0.717) is 0 Å². The zero-order chi connectivity index (χ0) is 9.03. The lowest BCUT2D eigenvalue weighted by Gasteiger charge is -2.37. The third-order valence-electron chi connectivity index (χ3n) is 3.07. The second kappa shape index (κ2) is 3.94. The van der Waals surface area contributed by atoms with Crippen molar-refractivity contribution in [1.82, 2.24) is 0 Å². The van der Waals surface area contributed by atoms with E-state index in [1.165, 1.54) is 19.3 Å². The zero-order valence-electron chi connectivity index (χ0n) is 8.27. The van der Waals surface area contributed by atoms with Gasteiger partial charge in [0.05, 0.1) is 11.5 Å². The quantitative estimate of drug-likeness (QED) is 0.625. The van der Waals surface area contributed by atoms with Crippen molar-refractivity contribution in [2.24, 2.45) is 11.3 Å². The lowest BCUT2D eigenvalue weighted by atomic mass is 9.65. The summed E-state index contributed by atoms with van der Waals surface area (Å²) in [6.07, 6.45) is 7.24. The third-order valence-corrected chi connectivity index (χ3v) is 3.07. The Labute approximate surface area is 75.8 Å². The Hall–Kier alpha value is -0.510. The molecule has 0 radical (unpaired) electrons. The van der Waals surface area contributed by atoms with E-state index in [0.717, 1.165) is 25.2 Å². The highest BCUT2D eigenvalue weighted by Gasteiger charge is 2.37. The summed E-state index contributed by atoms with van der Waals surface area (Å²) >= 11 is 0. The van der Waals surface area contributed by atoms with E-state index in [-0.39, 0.29) is 5.41 Å². The Balaban J connectivity index is 2.33. The van der Waals surface area contributed by atoms with Gasteiger partial charge < -0.3 is 0 Å². The van der Waals surface area contributed by atoms with Gasteiger partial charge in [0.25, 0.3) is 0 Å². The number of nitriles is 1. The number of hydrogen-bond acceptors (Lipinski definition) is 1. The number of nitrogens with zero attached hydrogens (tertiary/aromatic N) is 1. The van der Waals surface area contributed by atoms with Crippen LogP contribution in [0.5, 0.6) is 0 Å². The van der Waals surface area contributed by atoms with Gasteiger partial charge in [0.15, 0.2) is 0 Å². The fourth-order valence-electron chi connectivity index (χ4n) is 2.23. The predicted molar refractivity (Wildman–Crippen MR) is 50.6 cm³/mol. The number of rotatable bonds is 4. The van der Waals surface area contributed by atoms with Crippen LogP contribution in [0, 0.1) is 22.7 Å². The molecule has 1 aliphatic carbocycles. The zero-order valence-corrected chi connectivity index (χ0v) is 8.27. The summed E-state index contributed by atoms with van der Waals surface area (Å²) in [5.74, 6) is 0.745. The molecule has 1 saturated carbocycles. The molecule has 0 bridgehead atoms. The van der Waals surface area contributed by atoms with Crippen LogP contribution >= 0.6 is 0 Å². The van der Waals surface area contributed by atoms with Crippen molar-refractivity contribution < 1.29 is 0 Å². The Morgan fingerprint density at radius 1 is 1.50 bits per heavy atom. The summed E-state index contributed by atoms with van der Waals surface area (Å²) in [5.41, 5.74) is 0.0919. The average Bonchev–Trinajstić information content (AvgIpc) is 1.97. The number of hydrogen-bond donors (Lipinski definition) is 0. The van der Waals surface area contributed by atoms with Crippen LogP contribution < -0.4 is 0 Å². The molecule has 1 aliphatic rings. The molecule has 1 heteroatoms.